The van der Waals surface area contributed by atoms with Crippen molar-refractivity contribution in [1.82, 2.24) is 5.32 Å². The third-order valence-electron chi connectivity index (χ3n) is 5.32. The van der Waals surface area contributed by atoms with Gasteiger partial charge >= 0.3 is 0 Å². The number of hydrogen-bond acceptors (Lipinski definition) is 4. The molecule has 1 aliphatic rings. The molecule has 0 aromatic heterocycles. The predicted molar refractivity (Wildman–Crippen MR) is 136 cm³/mol. The number of aryl methyl sites for hydroxylation is 1. The van der Waals surface area contributed by atoms with Gasteiger partial charge in [-0.1, -0.05) is 42.8 Å². The summed E-state index contributed by atoms with van der Waals surface area (Å²) >= 11 is 11.4. The second-order valence-electron chi connectivity index (χ2n) is 7.42. The van der Waals surface area contributed by atoms with Crippen LogP contribution in [0.4, 0.5) is 5.69 Å². The predicted octanol–water partition coefficient (Wildman–Crippen LogP) is 5.75. The van der Waals surface area contributed by atoms with Crippen molar-refractivity contribution in [1.29, 1.82) is 0 Å². The zero-order chi connectivity index (χ0) is 23.4. The van der Waals surface area contributed by atoms with Crippen molar-refractivity contribution >= 4 is 46.6 Å². The minimum Gasteiger partial charge on any atom is -0.496 e. The van der Waals surface area contributed by atoms with Crippen LogP contribution in [0.25, 0.3) is 6.08 Å². The molecule has 3 aromatic rings. The molecule has 33 heavy (non-hydrogen) atoms. The lowest BCUT2D eigenvalue weighted by Crippen LogP contribution is -2.31. The summed E-state index contributed by atoms with van der Waals surface area (Å²) < 4.78 is 11.4. The van der Waals surface area contributed by atoms with Crippen molar-refractivity contribution < 1.29 is 14.3 Å². The van der Waals surface area contributed by atoms with Crippen LogP contribution in [0.1, 0.15) is 23.6 Å². The fourth-order valence-electron chi connectivity index (χ4n) is 3.64. The Hall–Kier alpha value is -3.35. The highest BCUT2D eigenvalue weighted by atomic mass is 35.5. The van der Waals surface area contributed by atoms with Crippen molar-refractivity contribution in [2.45, 2.75) is 20.0 Å². The average molecular weight is 479 g/mol. The lowest BCUT2D eigenvalue weighted by atomic mass is 10.1. The van der Waals surface area contributed by atoms with Crippen LogP contribution in [0.2, 0.25) is 5.02 Å². The number of para-hydroxylation sites is 1. The van der Waals surface area contributed by atoms with Gasteiger partial charge in [0.05, 0.1) is 12.8 Å². The molecule has 1 aliphatic heterocycles. The van der Waals surface area contributed by atoms with Crippen molar-refractivity contribution in [3.8, 4) is 11.5 Å². The monoisotopic (exact) mass is 478 g/mol. The molecule has 4 rings (SSSR count). The number of nitrogens with one attached hydrogen (secondary N) is 1. The molecule has 3 aromatic carbocycles. The molecule has 0 saturated carbocycles. The zero-order valence-electron chi connectivity index (χ0n) is 18.3. The highest BCUT2D eigenvalue weighted by molar-refractivity contribution is 7.80. The topological polar surface area (TPSA) is 50.8 Å². The number of ether oxygens (including phenoxy) is 2. The van der Waals surface area contributed by atoms with E-state index in [4.69, 9.17) is 33.3 Å². The van der Waals surface area contributed by atoms with Crippen LogP contribution in [-0.2, 0) is 17.8 Å². The SMILES string of the molecule is CCc1ccccc1N1C(=O)/C(=C\c2ccc(OC)c(COc3ccc(Cl)cc3)c2)NC1=S. The van der Waals surface area contributed by atoms with E-state index < -0.39 is 0 Å². The van der Waals surface area contributed by atoms with E-state index in [1.54, 1.807) is 30.2 Å². The molecule has 1 N–H and O–H groups in total. The van der Waals surface area contributed by atoms with E-state index in [9.17, 15) is 4.79 Å². The molecule has 0 spiro atoms. The van der Waals surface area contributed by atoms with Gasteiger partial charge in [-0.2, -0.15) is 0 Å². The Balaban J connectivity index is 1.58. The Morgan fingerprint density at radius 2 is 1.82 bits per heavy atom. The van der Waals surface area contributed by atoms with Crippen LogP contribution in [-0.4, -0.2) is 18.1 Å². The molecule has 168 valence electrons. The van der Waals surface area contributed by atoms with E-state index in [0.717, 1.165) is 28.8 Å². The number of carbonyl (C=O) groups excluding carboxylic acids is 1. The van der Waals surface area contributed by atoms with Gasteiger partial charge < -0.3 is 14.8 Å². The van der Waals surface area contributed by atoms with E-state index in [2.05, 4.69) is 12.2 Å². The molecular formula is C26H23ClN2O3S. The van der Waals surface area contributed by atoms with Gasteiger partial charge in [-0.05, 0) is 78.3 Å². The van der Waals surface area contributed by atoms with Crippen molar-refractivity contribution in [3.63, 3.8) is 0 Å². The Kier molecular flexibility index (Phi) is 6.96. The minimum atomic E-state index is -0.185. The van der Waals surface area contributed by atoms with Crippen LogP contribution >= 0.6 is 23.8 Å². The maximum absolute atomic E-state index is 13.2. The van der Waals surface area contributed by atoms with Gasteiger partial charge in [-0.3, -0.25) is 9.69 Å². The first-order chi connectivity index (χ1) is 16.0. The van der Waals surface area contributed by atoms with Crippen LogP contribution in [0.15, 0.2) is 72.4 Å². The molecule has 1 amide bonds. The number of anilines is 1. The molecule has 7 heteroatoms. The highest BCUT2D eigenvalue weighted by Crippen LogP contribution is 2.28. The first-order valence-electron chi connectivity index (χ1n) is 10.5. The molecule has 0 radical (unpaired) electrons. The Labute approximate surface area is 203 Å². The molecule has 1 saturated heterocycles. The maximum atomic E-state index is 13.2. The molecular weight excluding hydrogens is 456 g/mol. The Morgan fingerprint density at radius 1 is 1.06 bits per heavy atom. The van der Waals surface area contributed by atoms with Crippen molar-refractivity contribution in [3.05, 3.63) is 94.1 Å². The number of halogens is 1. The number of amides is 1. The zero-order valence-corrected chi connectivity index (χ0v) is 19.9. The molecule has 5 nitrogen and oxygen atoms in total. The van der Waals surface area contributed by atoms with Crippen LogP contribution in [0, 0.1) is 0 Å². The summed E-state index contributed by atoms with van der Waals surface area (Å²) in [6.45, 7) is 2.36. The smallest absolute Gasteiger partial charge is 0.281 e. The lowest BCUT2D eigenvalue weighted by molar-refractivity contribution is -0.113. The highest BCUT2D eigenvalue weighted by Gasteiger charge is 2.32. The summed E-state index contributed by atoms with van der Waals surface area (Å²) in [5.41, 5.74) is 3.96. The van der Waals surface area contributed by atoms with Crippen molar-refractivity contribution in [2.75, 3.05) is 12.0 Å². The maximum Gasteiger partial charge on any atom is 0.281 e. The fraction of sp³-hybridized carbons (Fsp3) is 0.154. The number of methoxy groups -OCH3 is 1. The van der Waals surface area contributed by atoms with E-state index in [1.165, 1.54) is 0 Å². The van der Waals surface area contributed by atoms with Gasteiger partial charge in [0, 0.05) is 10.6 Å². The summed E-state index contributed by atoms with van der Waals surface area (Å²) in [4.78, 5) is 14.7. The number of benzene rings is 3. The van der Waals surface area contributed by atoms with Gasteiger partial charge in [-0.15, -0.1) is 0 Å². The third-order valence-corrected chi connectivity index (χ3v) is 5.85. The summed E-state index contributed by atoms with van der Waals surface area (Å²) in [5, 5.41) is 4.07. The largest absolute Gasteiger partial charge is 0.496 e. The van der Waals surface area contributed by atoms with Crippen LogP contribution < -0.4 is 19.7 Å². The summed E-state index contributed by atoms with van der Waals surface area (Å²) in [7, 11) is 1.61. The van der Waals surface area contributed by atoms with E-state index in [-0.39, 0.29) is 5.91 Å². The minimum absolute atomic E-state index is 0.185. The average Bonchev–Trinajstić information content (AvgIpc) is 3.11. The fourth-order valence-corrected chi connectivity index (χ4v) is 4.06. The summed E-state index contributed by atoms with van der Waals surface area (Å²) in [6, 6.07) is 20.6. The second-order valence-corrected chi connectivity index (χ2v) is 8.25. The van der Waals surface area contributed by atoms with E-state index in [0.29, 0.717) is 33.9 Å². The van der Waals surface area contributed by atoms with Crippen molar-refractivity contribution in [2.24, 2.45) is 0 Å². The Bertz CT molecular complexity index is 1220. The normalized spacial score (nSPS) is 14.5. The molecule has 0 bridgehead atoms. The number of thiocarbonyl (C=S) groups is 1. The van der Waals surface area contributed by atoms with Gasteiger partial charge in [-0.25, -0.2) is 0 Å². The third kappa shape index (κ3) is 5.02. The summed E-state index contributed by atoms with van der Waals surface area (Å²) in [6.07, 6.45) is 2.59. The molecule has 0 aliphatic carbocycles. The Morgan fingerprint density at radius 3 is 2.55 bits per heavy atom. The molecule has 1 heterocycles. The first-order valence-corrected chi connectivity index (χ1v) is 11.3. The van der Waals surface area contributed by atoms with Gasteiger partial charge in [0.2, 0.25) is 0 Å². The van der Waals surface area contributed by atoms with Gasteiger partial charge in [0.1, 0.15) is 23.8 Å². The number of carbonyl (C=O) groups is 1. The molecule has 0 unspecified atom stereocenters. The second kappa shape index (κ2) is 10.1. The van der Waals surface area contributed by atoms with Crippen LogP contribution in [0.3, 0.4) is 0 Å². The van der Waals surface area contributed by atoms with Gasteiger partial charge in [0.15, 0.2) is 5.11 Å². The first kappa shape index (κ1) is 22.8. The van der Waals surface area contributed by atoms with E-state index in [1.807, 2.05) is 54.6 Å². The number of rotatable bonds is 7. The van der Waals surface area contributed by atoms with Gasteiger partial charge in [0.25, 0.3) is 5.91 Å². The lowest BCUT2D eigenvalue weighted by Gasteiger charge is -2.17. The molecule has 0 atom stereocenters. The summed E-state index contributed by atoms with van der Waals surface area (Å²) in [5.74, 6) is 1.22. The number of nitrogens with zero attached hydrogens (tertiary/aromatic N) is 1. The standard InChI is InChI=1S/C26H23ClN2O3S/c1-3-18-6-4-5-7-23(18)29-25(30)22(28-26(29)33)15-17-8-13-24(31-2)19(14-17)16-32-21-11-9-20(27)10-12-21/h4-15H,3,16H2,1-2H3,(H,28,33)/b22-15+. The quantitative estimate of drug-likeness (QED) is 0.346. The number of hydrogen-bond donors (Lipinski definition) is 1. The van der Waals surface area contributed by atoms with E-state index >= 15 is 0 Å². The van der Waals surface area contributed by atoms with Crippen LogP contribution in [0.5, 0.6) is 11.5 Å². The molecule has 1 fully saturated rings.